The molecule has 1 heteroatoms. The molecule has 1 aliphatic carbocycles. The summed E-state index contributed by atoms with van der Waals surface area (Å²) in [4.78, 5) is 0. The zero-order valence-electron chi connectivity index (χ0n) is 10.3. The lowest BCUT2D eigenvalue weighted by molar-refractivity contribution is 0.401. The second kappa shape index (κ2) is 5.01. The molecule has 2 N–H and O–H groups in total. The van der Waals surface area contributed by atoms with Crippen molar-refractivity contribution in [3.05, 3.63) is 35.9 Å². The van der Waals surface area contributed by atoms with E-state index in [2.05, 4.69) is 37.3 Å². The molecule has 0 aromatic heterocycles. The summed E-state index contributed by atoms with van der Waals surface area (Å²) < 4.78 is 0. The van der Waals surface area contributed by atoms with Crippen LogP contribution in [0.5, 0.6) is 0 Å². The van der Waals surface area contributed by atoms with Crippen LogP contribution in [0.4, 0.5) is 0 Å². The summed E-state index contributed by atoms with van der Waals surface area (Å²) >= 11 is 0. The van der Waals surface area contributed by atoms with Crippen LogP contribution in [0.15, 0.2) is 30.3 Å². The standard InChI is InChI=1S/C15H23N/c1-2-6-13(12-16)11-15(9-10-15)14-7-4-3-5-8-14/h3-5,7-8,13H,2,6,9-12,16H2,1H3/t13-/m0/s1. The molecule has 0 saturated heterocycles. The van der Waals surface area contributed by atoms with E-state index in [-0.39, 0.29) is 0 Å². The Hall–Kier alpha value is -0.820. The molecular weight excluding hydrogens is 194 g/mol. The van der Waals surface area contributed by atoms with Crippen molar-refractivity contribution in [3.8, 4) is 0 Å². The molecule has 2 rings (SSSR count). The highest BCUT2D eigenvalue weighted by atomic mass is 14.6. The minimum atomic E-state index is 0.487. The van der Waals surface area contributed by atoms with Gasteiger partial charge in [-0.3, -0.25) is 0 Å². The average Bonchev–Trinajstić information content (AvgIpc) is 3.11. The summed E-state index contributed by atoms with van der Waals surface area (Å²) in [6.45, 7) is 3.10. The van der Waals surface area contributed by atoms with Gasteiger partial charge in [-0.2, -0.15) is 0 Å². The number of rotatable bonds is 6. The van der Waals surface area contributed by atoms with Gasteiger partial charge >= 0.3 is 0 Å². The van der Waals surface area contributed by atoms with Crippen LogP contribution in [0.25, 0.3) is 0 Å². The molecule has 1 aromatic rings. The summed E-state index contributed by atoms with van der Waals surface area (Å²) in [5.74, 6) is 0.715. The first-order valence-electron chi connectivity index (χ1n) is 6.56. The van der Waals surface area contributed by atoms with Crippen molar-refractivity contribution in [2.45, 2.75) is 44.4 Å². The summed E-state index contributed by atoms with van der Waals surface area (Å²) in [5, 5.41) is 0. The molecule has 1 fully saturated rings. The fraction of sp³-hybridized carbons (Fsp3) is 0.600. The van der Waals surface area contributed by atoms with Crippen molar-refractivity contribution in [3.63, 3.8) is 0 Å². The Balaban J connectivity index is 2.03. The maximum absolute atomic E-state index is 5.87. The molecule has 16 heavy (non-hydrogen) atoms. The zero-order valence-corrected chi connectivity index (χ0v) is 10.3. The van der Waals surface area contributed by atoms with Gasteiger partial charge in [0.25, 0.3) is 0 Å². The number of benzene rings is 1. The number of hydrogen-bond acceptors (Lipinski definition) is 1. The van der Waals surface area contributed by atoms with Crippen LogP contribution in [0.1, 0.15) is 44.6 Å². The van der Waals surface area contributed by atoms with Crippen LogP contribution < -0.4 is 5.73 Å². The van der Waals surface area contributed by atoms with E-state index in [0.717, 1.165) is 6.54 Å². The lowest BCUT2D eigenvalue weighted by Gasteiger charge is -2.22. The third-order valence-electron chi connectivity index (χ3n) is 3.95. The lowest BCUT2D eigenvalue weighted by atomic mass is 9.84. The van der Waals surface area contributed by atoms with Crippen LogP contribution in [-0.4, -0.2) is 6.54 Å². The van der Waals surface area contributed by atoms with Crippen LogP contribution in [-0.2, 0) is 5.41 Å². The monoisotopic (exact) mass is 217 g/mol. The quantitative estimate of drug-likeness (QED) is 0.775. The van der Waals surface area contributed by atoms with Gasteiger partial charge in [-0.15, -0.1) is 0 Å². The van der Waals surface area contributed by atoms with E-state index >= 15 is 0 Å². The maximum Gasteiger partial charge on any atom is -0.00432 e. The van der Waals surface area contributed by atoms with Gasteiger partial charge in [0.1, 0.15) is 0 Å². The Morgan fingerprint density at radius 2 is 1.94 bits per heavy atom. The van der Waals surface area contributed by atoms with E-state index in [1.165, 1.54) is 37.7 Å². The smallest absolute Gasteiger partial charge is 0.00432 e. The van der Waals surface area contributed by atoms with Gasteiger partial charge in [0.2, 0.25) is 0 Å². The molecule has 1 atom stereocenters. The molecule has 0 bridgehead atoms. The Morgan fingerprint density at radius 1 is 1.25 bits per heavy atom. The SMILES string of the molecule is CCC[C@H](CN)CC1(c2ccccc2)CC1. The minimum Gasteiger partial charge on any atom is -0.330 e. The molecule has 0 unspecified atom stereocenters. The fourth-order valence-corrected chi connectivity index (χ4v) is 2.82. The maximum atomic E-state index is 5.87. The van der Waals surface area contributed by atoms with Crippen molar-refractivity contribution < 1.29 is 0 Å². The Labute approximate surface area is 99.0 Å². The third-order valence-corrected chi connectivity index (χ3v) is 3.95. The van der Waals surface area contributed by atoms with E-state index < -0.39 is 0 Å². The molecule has 1 saturated carbocycles. The second-order valence-corrected chi connectivity index (χ2v) is 5.24. The van der Waals surface area contributed by atoms with Crippen molar-refractivity contribution in [1.82, 2.24) is 0 Å². The van der Waals surface area contributed by atoms with Gasteiger partial charge in [-0.25, -0.2) is 0 Å². The van der Waals surface area contributed by atoms with E-state index in [0.29, 0.717) is 11.3 Å². The molecule has 0 amide bonds. The van der Waals surface area contributed by atoms with E-state index in [4.69, 9.17) is 5.73 Å². The van der Waals surface area contributed by atoms with Gasteiger partial charge < -0.3 is 5.73 Å². The summed E-state index contributed by atoms with van der Waals surface area (Å²) in [6, 6.07) is 11.0. The second-order valence-electron chi connectivity index (χ2n) is 5.24. The van der Waals surface area contributed by atoms with Crippen LogP contribution in [0.3, 0.4) is 0 Å². The minimum absolute atomic E-state index is 0.487. The topological polar surface area (TPSA) is 26.0 Å². The van der Waals surface area contributed by atoms with Gasteiger partial charge in [0.15, 0.2) is 0 Å². The highest BCUT2D eigenvalue weighted by Gasteiger charge is 2.44. The third kappa shape index (κ3) is 2.46. The van der Waals surface area contributed by atoms with Crippen LogP contribution in [0, 0.1) is 5.92 Å². The number of hydrogen-bond donors (Lipinski definition) is 1. The molecule has 0 aliphatic heterocycles. The van der Waals surface area contributed by atoms with E-state index in [1.807, 2.05) is 0 Å². The largest absolute Gasteiger partial charge is 0.330 e. The van der Waals surface area contributed by atoms with E-state index in [1.54, 1.807) is 0 Å². The highest BCUT2D eigenvalue weighted by Crippen LogP contribution is 2.52. The Bertz CT molecular complexity index is 313. The van der Waals surface area contributed by atoms with Crippen molar-refractivity contribution in [2.75, 3.05) is 6.54 Å². The Kier molecular flexibility index (Phi) is 3.65. The van der Waals surface area contributed by atoms with Crippen molar-refractivity contribution >= 4 is 0 Å². The Morgan fingerprint density at radius 3 is 2.44 bits per heavy atom. The predicted octanol–water partition coefficient (Wildman–Crippen LogP) is 3.48. The fourth-order valence-electron chi connectivity index (χ4n) is 2.82. The van der Waals surface area contributed by atoms with Crippen LogP contribution in [0.2, 0.25) is 0 Å². The summed E-state index contributed by atoms with van der Waals surface area (Å²) in [7, 11) is 0. The van der Waals surface area contributed by atoms with Crippen molar-refractivity contribution in [1.29, 1.82) is 0 Å². The lowest BCUT2D eigenvalue weighted by Crippen LogP contribution is -2.20. The first-order valence-corrected chi connectivity index (χ1v) is 6.56. The predicted molar refractivity (Wildman–Crippen MR) is 69.4 cm³/mol. The average molecular weight is 217 g/mol. The molecule has 0 spiro atoms. The van der Waals surface area contributed by atoms with E-state index in [9.17, 15) is 0 Å². The van der Waals surface area contributed by atoms with Gasteiger partial charge in [-0.05, 0) is 49.1 Å². The molecular formula is C15H23N. The number of nitrogens with two attached hydrogens (primary N) is 1. The summed E-state index contributed by atoms with van der Waals surface area (Å²) in [6.07, 6.45) is 6.55. The highest BCUT2D eigenvalue weighted by molar-refractivity contribution is 5.31. The first kappa shape index (κ1) is 11.7. The molecule has 88 valence electrons. The molecule has 1 aliphatic rings. The van der Waals surface area contributed by atoms with Gasteiger partial charge in [0, 0.05) is 0 Å². The van der Waals surface area contributed by atoms with Crippen LogP contribution >= 0.6 is 0 Å². The molecule has 0 radical (unpaired) electrons. The zero-order chi connectivity index (χ0) is 11.4. The van der Waals surface area contributed by atoms with Crippen molar-refractivity contribution in [2.24, 2.45) is 11.7 Å². The molecule has 1 aromatic carbocycles. The molecule has 0 heterocycles. The molecule has 1 nitrogen and oxygen atoms in total. The first-order chi connectivity index (χ1) is 7.80. The van der Waals surface area contributed by atoms with Gasteiger partial charge in [-0.1, -0.05) is 43.7 Å². The normalized spacial score (nSPS) is 19.4. The summed E-state index contributed by atoms with van der Waals surface area (Å²) in [5.41, 5.74) is 7.89. The van der Waals surface area contributed by atoms with Gasteiger partial charge in [0.05, 0.1) is 0 Å².